The smallest absolute Gasteiger partial charge is 0.407 e. The molecule has 1 aliphatic rings. The van der Waals surface area contributed by atoms with Crippen molar-refractivity contribution in [2.45, 2.75) is 18.4 Å². The number of nitrogens with one attached hydrogen (secondary N) is 2. The van der Waals surface area contributed by atoms with Crippen molar-refractivity contribution in [1.82, 2.24) is 10.3 Å². The van der Waals surface area contributed by atoms with Crippen LogP contribution < -0.4 is 5.32 Å². The Hall–Kier alpha value is -3.48. The summed E-state index contributed by atoms with van der Waals surface area (Å²) in [5, 5.41) is 13.7. The predicted molar refractivity (Wildman–Crippen MR) is 132 cm³/mol. The lowest BCUT2D eigenvalue weighted by molar-refractivity contribution is -0.139. The number of carboxylic acid groups (broad SMARTS) is 1. The molecule has 4 aromatic rings. The van der Waals surface area contributed by atoms with Crippen LogP contribution in [0, 0.1) is 0 Å². The van der Waals surface area contributed by atoms with E-state index in [1.165, 1.54) is 0 Å². The summed E-state index contributed by atoms with van der Waals surface area (Å²) in [6, 6.07) is 18.1. The lowest BCUT2D eigenvalue weighted by atomic mass is 9.98. The first kappa shape index (κ1) is 22.3. The van der Waals surface area contributed by atoms with Gasteiger partial charge in [0.25, 0.3) is 0 Å². The third kappa shape index (κ3) is 4.11. The van der Waals surface area contributed by atoms with Crippen LogP contribution in [0.2, 0.25) is 10.0 Å². The number of halogens is 2. The third-order valence-corrected chi connectivity index (χ3v) is 6.65. The van der Waals surface area contributed by atoms with Crippen LogP contribution in [0.1, 0.15) is 22.6 Å². The number of alkyl carbamates (subject to hydrolysis) is 1. The monoisotopic (exact) mass is 494 g/mol. The van der Waals surface area contributed by atoms with Crippen molar-refractivity contribution in [2.24, 2.45) is 0 Å². The van der Waals surface area contributed by atoms with Crippen molar-refractivity contribution in [1.29, 1.82) is 0 Å². The van der Waals surface area contributed by atoms with E-state index in [4.69, 9.17) is 27.9 Å². The summed E-state index contributed by atoms with van der Waals surface area (Å²) in [7, 11) is 0. The summed E-state index contributed by atoms with van der Waals surface area (Å²) in [5.41, 5.74) is 5.75. The lowest BCUT2D eigenvalue weighted by Gasteiger charge is -2.17. The Balaban J connectivity index is 1.30. The van der Waals surface area contributed by atoms with E-state index < -0.39 is 18.1 Å². The van der Waals surface area contributed by atoms with Crippen molar-refractivity contribution in [3.05, 3.63) is 93.6 Å². The zero-order chi connectivity index (χ0) is 23.8. The van der Waals surface area contributed by atoms with E-state index in [1.54, 1.807) is 18.3 Å². The van der Waals surface area contributed by atoms with Crippen molar-refractivity contribution < 1.29 is 19.4 Å². The van der Waals surface area contributed by atoms with Gasteiger partial charge in [-0.3, -0.25) is 0 Å². The number of aromatic nitrogens is 1. The van der Waals surface area contributed by atoms with Gasteiger partial charge in [-0.1, -0.05) is 71.7 Å². The van der Waals surface area contributed by atoms with E-state index in [2.05, 4.69) is 10.3 Å². The van der Waals surface area contributed by atoms with Crippen molar-refractivity contribution in [2.75, 3.05) is 6.61 Å². The van der Waals surface area contributed by atoms with Crippen LogP contribution in [-0.4, -0.2) is 34.8 Å². The van der Waals surface area contributed by atoms with Gasteiger partial charge < -0.3 is 20.1 Å². The van der Waals surface area contributed by atoms with Gasteiger partial charge in [-0.05, 0) is 39.9 Å². The van der Waals surface area contributed by atoms with Gasteiger partial charge in [0.2, 0.25) is 0 Å². The molecule has 0 radical (unpaired) electrons. The molecule has 0 aliphatic heterocycles. The Morgan fingerprint density at radius 2 is 1.68 bits per heavy atom. The van der Waals surface area contributed by atoms with Crippen LogP contribution in [0.4, 0.5) is 4.79 Å². The molecule has 3 aromatic carbocycles. The number of aromatic amines is 1. The van der Waals surface area contributed by atoms with Crippen molar-refractivity contribution >= 4 is 46.2 Å². The minimum atomic E-state index is -1.19. The molecule has 1 aromatic heterocycles. The third-order valence-electron chi connectivity index (χ3n) is 6.14. The molecule has 0 bridgehead atoms. The van der Waals surface area contributed by atoms with Gasteiger partial charge in [-0.15, -0.1) is 0 Å². The average molecular weight is 495 g/mol. The van der Waals surface area contributed by atoms with E-state index in [0.29, 0.717) is 26.5 Å². The van der Waals surface area contributed by atoms with Gasteiger partial charge in [0, 0.05) is 34.5 Å². The number of hydrogen-bond acceptors (Lipinski definition) is 3. The first-order valence-electron chi connectivity index (χ1n) is 10.7. The summed E-state index contributed by atoms with van der Waals surface area (Å²) in [6.07, 6.45) is 0.909. The molecule has 34 heavy (non-hydrogen) atoms. The quantitative estimate of drug-likeness (QED) is 0.306. The molecule has 1 heterocycles. The summed E-state index contributed by atoms with van der Waals surface area (Å²) in [4.78, 5) is 27.5. The van der Waals surface area contributed by atoms with Gasteiger partial charge in [0.05, 0.1) is 5.02 Å². The number of H-pyrrole nitrogens is 1. The Labute approximate surface area is 205 Å². The highest BCUT2D eigenvalue weighted by molar-refractivity contribution is 6.38. The summed E-state index contributed by atoms with van der Waals surface area (Å²) in [6.45, 7) is 0.101. The van der Waals surface area contributed by atoms with Crippen LogP contribution >= 0.6 is 23.2 Å². The Morgan fingerprint density at radius 1 is 1.03 bits per heavy atom. The van der Waals surface area contributed by atoms with Crippen LogP contribution in [0.3, 0.4) is 0 Å². The van der Waals surface area contributed by atoms with Crippen molar-refractivity contribution in [3.8, 4) is 11.1 Å². The van der Waals surface area contributed by atoms with Crippen LogP contribution in [0.25, 0.3) is 22.0 Å². The van der Waals surface area contributed by atoms with Crippen LogP contribution in [0.15, 0.2) is 66.9 Å². The topological polar surface area (TPSA) is 91.4 Å². The first-order valence-corrected chi connectivity index (χ1v) is 11.5. The molecule has 1 atom stereocenters. The molecule has 1 aliphatic carbocycles. The maximum absolute atomic E-state index is 12.6. The summed E-state index contributed by atoms with van der Waals surface area (Å²) >= 11 is 12.4. The molecule has 0 fully saturated rings. The second-order valence-electron chi connectivity index (χ2n) is 8.19. The maximum atomic E-state index is 12.6. The standard InChI is InChI=1S/C26H20Cl2N2O4/c27-15-10-21(28)24-14(12-29-22(24)11-15)9-23(25(31)32)30-26(33)34-13-20-18-7-3-1-5-16(18)17-6-2-4-8-19(17)20/h1-8,10-12,20,23,29H,9,13H2,(H,30,33)(H,31,32)/t23-/m0/s1. The number of carboxylic acids is 1. The normalized spacial score (nSPS) is 13.4. The predicted octanol–water partition coefficient (Wildman–Crippen LogP) is 6.01. The minimum Gasteiger partial charge on any atom is -0.480 e. The molecule has 172 valence electrons. The second-order valence-corrected chi connectivity index (χ2v) is 9.03. The Morgan fingerprint density at radius 3 is 2.32 bits per heavy atom. The van der Waals surface area contributed by atoms with Crippen molar-refractivity contribution in [3.63, 3.8) is 0 Å². The van der Waals surface area contributed by atoms with Gasteiger partial charge in [-0.2, -0.15) is 0 Å². The Kier molecular flexibility index (Phi) is 5.94. The fourth-order valence-electron chi connectivity index (χ4n) is 4.61. The largest absolute Gasteiger partial charge is 0.480 e. The number of rotatable bonds is 6. The average Bonchev–Trinajstić information content (AvgIpc) is 3.36. The van der Waals surface area contributed by atoms with Gasteiger partial charge in [0.15, 0.2) is 0 Å². The number of hydrogen-bond donors (Lipinski definition) is 3. The number of aliphatic carboxylic acids is 1. The zero-order valence-electron chi connectivity index (χ0n) is 17.8. The van der Waals surface area contributed by atoms with Crippen LogP contribution in [0.5, 0.6) is 0 Å². The molecule has 0 unspecified atom stereocenters. The molecule has 0 saturated heterocycles. The Bertz CT molecular complexity index is 1370. The van der Waals surface area contributed by atoms with Crippen LogP contribution in [-0.2, 0) is 16.0 Å². The number of ether oxygens (including phenoxy) is 1. The highest BCUT2D eigenvalue weighted by Crippen LogP contribution is 2.44. The fourth-order valence-corrected chi connectivity index (χ4v) is 5.23. The maximum Gasteiger partial charge on any atom is 0.407 e. The highest BCUT2D eigenvalue weighted by atomic mass is 35.5. The lowest BCUT2D eigenvalue weighted by Crippen LogP contribution is -2.42. The second kappa shape index (κ2) is 9.05. The molecular weight excluding hydrogens is 475 g/mol. The number of carbonyl (C=O) groups excluding carboxylic acids is 1. The SMILES string of the molecule is O=C(N[C@@H](Cc1c[nH]c2cc(Cl)cc(Cl)c12)C(=O)O)OCC1c2ccccc2-c2ccccc21. The van der Waals surface area contributed by atoms with Gasteiger partial charge in [-0.25, -0.2) is 9.59 Å². The molecule has 1 amide bonds. The first-order chi connectivity index (χ1) is 16.4. The molecular formula is C26H20Cl2N2O4. The molecule has 0 spiro atoms. The number of carbonyl (C=O) groups is 2. The summed E-state index contributed by atoms with van der Waals surface area (Å²) < 4.78 is 5.50. The minimum absolute atomic E-state index is 0.0287. The molecule has 6 nitrogen and oxygen atoms in total. The highest BCUT2D eigenvalue weighted by Gasteiger charge is 2.30. The van der Waals surface area contributed by atoms with Gasteiger partial charge in [0.1, 0.15) is 12.6 Å². The van der Waals surface area contributed by atoms with Gasteiger partial charge >= 0.3 is 12.1 Å². The number of benzene rings is 3. The van der Waals surface area contributed by atoms with E-state index in [9.17, 15) is 14.7 Å². The fraction of sp³-hybridized carbons (Fsp3) is 0.154. The summed E-state index contributed by atoms with van der Waals surface area (Å²) in [5.74, 6) is -1.29. The molecule has 5 rings (SSSR count). The molecule has 8 heteroatoms. The molecule has 0 saturated carbocycles. The zero-order valence-corrected chi connectivity index (χ0v) is 19.4. The number of fused-ring (bicyclic) bond motifs is 4. The molecule has 3 N–H and O–H groups in total. The van der Waals surface area contributed by atoms with E-state index in [1.807, 2.05) is 48.5 Å². The van der Waals surface area contributed by atoms with E-state index >= 15 is 0 Å². The number of amides is 1. The van der Waals surface area contributed by atoms with E-state index in [0.717, 1.165) is 22.3 Å². The van der Waals surface area contributed by atoms with E-state index in [-0.39, 0.29) is 18.9 Å².